The quantitative estimate of drug-likeness (QED) is 0.820. The van der Waals surface area contributed by atoms with Gasteiger partial charge in [0.1, 0.15) is 6.61 Å². The van der Waals surface area contributed by atoms with Crippen molar-refractivity contribution in [2.75, 3.05) is 33.3 Å². The van der Waals surface area contributed by atoms with Gasteiger partial charge in [-0.05, 0) is 38.6 Å². The average Bonchev–Trinajstić information content (AvgIpc) is 2.94. The monoisotopic (exact) mass is 336 g/mol. The van der Waals surface area contributed by atoms with Crippen LogP contribution in [0, 0.1) is 0 Å². The fraction of sp³-hybridized carbons (Fsp3) is 0.824. The van der Waals surface area contributed by atoms with E-state index in [-0.39, 0.29) is 11.9 Å². The summed E-state index contributed by atoms with van der Waals surface area (Å²) in [6, 6.07) is 0.0654. The average molecular weight is 336 g/mol. The maximum absolute atomic E-state index is 12.7. The van der Waals surface area contributed by atoms with Crippen molar-refractivity contribution in [1.29, 1.82) is 0 Å². The van der Waals surface area contributed by atoms with Crippen LogP contribution in [-0.2, 0) is 16.1 Å². The molecule has 7 heteroatoms. The number of ether oxygens (including phenoxy) is 1. The van der Waals surface area contributed by atoms with E-state index in [2.05, 4.69) is 15.0 Å². The number of likely N-dealkylation sites (tertiary alicyclic amines) is 2. The number of carbonyl (C=O) groups excluding carboxylic acids is 1. The Morgan fingerprint density at radius 1 is 1.17 bits per heavy atom. The number of piperidine rings is 1. The Balaban J connectivity index is 1.68. The van der Waals surface area contributed by atoms with Crippen LogP contribution in [0.3, 0.4) is 0 Å². The molecule has 1 aromatic rings. The number of aromatic nitrogens is 2. The largest absolute Gasteiger partial charge is 0.375 e. The van der Waals surface area contributed by atoms with Gasteiger partial charge in [0.25, 0.3) is 5.89 Å². The zero-order valence-corrected chi connectivity index (χ0v) is 14.6. The van der Waals surface area contributed by atoms with Crippen molar-refractivity contribution in [1.82, 2.24) is 19.9 Å². The molecule has 134 valence electrons. The minimum Gasteiger partial charge on any atom is -0.375 e. The molecule has 0 N–H and O–H groups in total. The van der Waals surface area contributed by atoms with Crippen molar-refractivity contribution in [3.8, 4) is 0 Å². The molecule has 2 aliphatic heterocycles. The van der Waals surface area contributed by atoms with Gasteiger partial charge in [0.05, 0.1) is 12.6 Å². The fourth-order valence-electron chi connectivity index (χ4n) is 3.65. The maximum Gasteiger partial charge on any atom is 0.252 e. The second-order valence-corrected chi connectivity index (χ2v) is 6.76. The molecule has 0 aromatic carbocycles. The number of rotatable bonds is 5. The van der Waals surface area contributed by atoms with Crippen molar-refractivity contribution < 1.29 is 14.1 Å². The third-order valence-corrected chi connectivity index (χ3v) is 4.96. The van der Waals surface area contributed by atoms with Crippen LogP contribution in [0.5, 0.6) is 0 Å². The fourth-order valence-corrected chi connectivity index (χ4v) is 3.65. The molecule has 0 saturated carbocycles. The predicted octanol–water partition coefficient (Wildman–Crippen LogP) is 2.15. The Morgan fingerprint density at radius 3 is 2.71 bits per heavy atom. The van der Waals surface area contributed by atoms with Crippen LogP contribution in [0.1, 0.15) is 62.7 Å². The van der Waals surface area contributed by atoms with Gasteiger partial charge in [-0.1, -0.05) is 18.0 Å². The highest BCUT2D eigenvalue weighted by Crippen LogP contribution is 2.28. The van der Waals surface area contributed by atoms with Gasteiger partial charge in [-0.2, -0.15) is 4.98 Å². The molecule has 3 rings (SSSR count). The molecule has 0 radical (unpaired) electrons. The predicted molar refractivity (Wildman–Crippen MR) is 88.2 cm³/mol. The molecule has 0 bridgehead atoms. The van der Waals surface area contributed by atoms with Gasteiger partial charge in [-0.25, -0.2) is 0 Å². The van der Waals surface area contributed by atoms with Gasteiger partial charge in [-0.3, -0.25) is 9.69 Å². The second kappa shape index (κ2) is 8.58. The van der Waals surface area contributed by atoms with E-state index < -0.39 is 0 Å². The van der Waals surface area contributed by atoms with Crippen molar-refractivity contribution in [3.05, 3.63) is 11.7 Å². The van der Waals surface area contributed by atoms with E-state index in [4.69, 9.17) is 9.26 Å². The summed E-state index contributed by atoms with van der Waals surface area (Å²) in [6.07, 6.45) is 7.90. The SMILES string of the molecule is COCc1nc([C@H]2CCCCCN2CC(=O)N2CCCCC2)no1. The third kappa shape index (κ3) is 4.33. The van der Waals surface area contributed by atoms with Crippen molar-refractivity contribution >= 4 is 5.91 Å². The first kappa shape index (κ1) is 17.4. The van der Waals surface area contributed by atoms with Crippen molar-refractivity contribution in [2.24, 2.45) is 0 Å². The summed E-state index contributed by atoms with van der Waals surface area (Å²) in [7, 11) is 1.61. The van der Waals surface area contributed by atoms with E-state index in [0.717, 1.165) is 51.7 Å². The number of nitrogens with zero attached hydrogens (tertiary/aromatic N) is 4. The molecule has 1 amide bonds. The summed E-state index contributed by atoms with van der Waals surface area (Å²) in [5.41, 5.74) is 0. The number of methoxy groups -OCH3 is 1. The van der Waals surface area contributed by atoms with Crippen LogP contribution in [0.25, 0.3) is 0 Å². The van der Waals surface area contributed by atoms with E-state index >= 15 is 0 Å². The van der Waals surface area contributed by atoms with Gasteiger partial charge in [0, 0.05) is 20.2 Å². The zero-order valence-electron chi connectivity index (χ0n) is 14.6. The first-order valence-electron chi connectivity index (χ1n) is 9.11. The van der Waals surface area contributed by atoms with Gasteiger partial charge in [0.15, 0.2) is 5.82 Å². The summed E-state index contributed by atoms with van der Waals surface area (Å²) >= 11 is 0. The topological polar surface area (TPSA) is 71.7 Å². The normalized spacial score (nSPS) is 23.2. The summed E-state index contributed by atoms with van der Waals surface area (Å²) in [5, 5.41) is 4.14. The van der Waals surface area contributed by atoms with Crippen molar-refractivity contribution in [2.45, 2.75) is 57.6 Å². The van der Waals surface area contributed by atoms with Gasteiger partial charge < -0.3 is 14.2 Å². The first-order chi connectivity index (χ1) is 11.8. The summed E-state index contributed by atoms with van der Waals surface area (Å²) in [6.45, 7) is 3.50. The molecule has 0 aliphatic carbocycles. The number of carbonyl (C=O) groups is 1. The second-order valence-electron chi connectivity index (χ2n) is 6.76. The molecular weight excluding hydrogens is 308 g/mol. The Kier molecular flexibility index (Phi) is 6.20. The molecule has 3 heterocycles. The van der Waals surface area contributed by atoms with Crippen LogP contribution in [0.15, 0.2) is 4.52 Å². The van der Waals surface area contributed by atoms with Gasteiger partial charge >= 0.3 is 0 Å². The van der Waals surface area contributed by atoms with Crippen LogP contribution in [0.4, 0.5) is 0 Å². The number of hydrogen-bond donors (Lipinski definition) is 0. The highest BCUT2D eigenvalue weighted by Gasteiger charge is 2.29. The molecule has 2 saturated heterocycles. The van der Waals surface area contributed by atoms with Crippen LogP contribution in [0.2, 0.25) is 0 Å². The van der Waals surface area contributed by atoms with E-state index in [0.29, 0.717) is 24.9 Å². The van der Waals surface area contributed by atoms with Crippen LogP contribution < -0.4 is 0 Å². The highest BCUT2D eigenvalue weighted by molar-refractivity contribution is 5.78. The Morgan fingerprint density at radius 2 is 1.92 bits per heavy atom. The van der Waals surface area contributed by atoms with Crippen molar-refractivity contribution in [3.63, 3.8) is 0 Å². The van der Waals surface area contributed by atoms with E-state index in [1.54, 1.807) is 7.11 Å². The number of amides is 1. The highest BCUT2D eigenvalue weighted by atomic mass is 16.5. The third-order valence-electron chi connectivity index (χ3n) is 4.96. The molecule has 1 aromatic heterocycles. The Labute approximate surface area is 143 Å². The lowest BCUT2D eigenvalue weighted by molar-refractivity contribution is -0.134. The molecule has 7 nitrogen and oxygen atoms in total. The summed E-state index contributed by atoms with van der Waals surface area (Å²) < 4.78 is 10.3. The lowest BCUT2D eigenvalue weighted by Crippen LogP contribution is -2.44. The van der Waals surface area contributed by atoms with Crippen LogP contribution >= 0.6 is 0 Å². The molecule has 0 unspecified atom stereocenters. The summed E-state index contributed by atoms with van der Waals surface area (Å²) in [4.78, 5) is 21.4. The molecular formula is C17H28N4O3. The minimum atomic E-state index is 0.0654. The standard InChI is InChI=1S/C17H28N4O3/c1-23-13-15-18-17(19-24-15)14-8-4-2-5-11-21(14)12-16(22)20-9-6-3-7-10-20/h14H,2-13H2,1H3/t14-/m1/s1. The molecule has 2 aliphatic rings. The molecule has 24 heavy (non-hydrogen) atoms. The Bertz CT molecular complexity index is 528. The molecule has 2 fully saturated rings. The molecule has 0 spiro atoms. The van der Waals surface area contributed by atoms with Gasteiger partial charge in [-0.15, -0.1) is 0 Å². The maximum atomic E-state index is 12.7. The Hall–Kier alpha value is -1.47. The van der Waals surface area contributed by atoms with E-state index in [1.165, 1.54) is 12.8 Å². The molecule has 1 atom stereocenters. The number of hydrogen-bond acceptors (Lipinski definition) is 6. The van der Waals surface area contributed by atoms with E-state index in [1.807, 2.05) is 4.90 Å². The lowest BCUT2D eigenvalue weighted by atomic mass is 10.1. The first-order valence-corrected chi connectivity index (χ1v) is 9.11. The zero-order chi connectivity index (χ0) is 16.8. The smallest absolute Gasteiger partial charge is 0.252 e. The minimum absolute atomic E-state index is 0.0654. The van der Waals surface area contributed by atoms with Gasteiger partial charge in [0.2, 0.25) is 5.91 Å². The summed E-state index contributed by atoms with van der Waals surface area (Å²) in [5.74, 6) is 1.43. The van der Waals surface area contributed by atoms with Crippen LogP contribution in [-0.4, -0.2) is 59.1 Å². The van der Waals surface area contributed by atoms with E-state index in [9.17, 15) is 4.79 Å². The lowest BCUT2D eigenvalue weighted by Gasteiger charge is -2.32.